The number of rotatable bonds is 4. The second-order valence-corrected chi connectivity index (χ2v) is 7.29. The van der Waals surface area contributed by atoms with Gasteiger partial charge in [0.25, 0.3) is 0 Å². The van der Waals surface area contributed by atoms with Crippen molar-refractivity contribution in [3.05, 3.63) is 60.2 Å². The standard InChI is InChI=1S/C20H16N6OS/c1-12-5-3-4-6-15(12)19-25-26-18(23-24-20(26)28-19)17-11-16(21-22-17)13-7-9-14(27-2)10-8-13/h3-11H,1-2H3,(H,21,22). The average molecular weight is 388 g/mol. The number of aromatic nitrogens is 6. The Bertz CT molecular complexity index is 1270. The van der Waals surface area contributed by atoms with Gasteiger partial charge in [0.15, 0.2) is 0 Å². The number of aromatic amines is 1. The minimum Gasteiger partial charge on any atom is -0.497 e. The largest absolute Gasteiger partial charge is 0.497 e. The molecule has 0 aliphatic rings. The van der Waals surface area contributed by atoms with Gasteiger partial charge in [-0.05, 0) is 42.8 Å². The molecule has 0 radical (unpaired) electrons. The highest BCUT2D eigenvalue weighted by Crippen LogP contribution is 2.30. The number of hydrogen-bond donors (Lipinski definition) is 1. The molecule has 8 heteroatoms. The van der Waals surface area contributed by atoms with Crippen LogP contribution < -0.4 is 4.74 Å². The number of benzene rings is 2. The van der Waals surface area contributed by atoms with Gasteiger partial charge in [0, 0.05) is 11.1 Å². The van der Waals surface area contributed by atoms with E-state index in [-0.39, 0.29) is 0 Å². The van der Waals surface area contributed by atoms with Crippen LogP contribution >= 0.6 is 11.3 Å². The monoisotopic (exact) mass is 388 g/mol. The summed E-state index contributed by atoms with van der Waals surface area (Å²) in [5.41, 5.74) is 4.86. The number of hydrogen-bond acceptors (Lipinski definition) is 6. The molecule has 5 aromatic rings. The number of nitrogens with one attached hydrogen (secondary N) is 1. The molecule has 0 saturated heterocycles. The van der Waals surface area contributed by atoms with E-state index in [1.165, 1.54) is 16.9 Å². The van der Waals surface area contributed by atoms with E-state index in [0.29, 0.717) is 5.82 Å². The van der Waals surface area contributed by atoms with Crippen LogP contribution in [0.2, 0.25) is 0 Å². The molecular formula is C20H16N6OS. The number of ether oxygens (including phenoxy) is 1. The quantitative estimate of drug-likeness (QED) is 0.498. The maximum atomic E-state index is 5.21. The molecule has 2 aromatic carbocycles. The summed E-state index contributed by atoms with van der Waals surface area (Å²) in [6.45, 7) is 2.08. The van der Waals surface area contributed by atoms with E-state index in [9.17, 15) is 0 Å². The Labute approximate surface area is 164 Å². The molecular weight excluding hydrogens is 372 g/mol. The van der Waals surface area contributed by atoms with E-state index in [4.69, 9.17) is 9.84 Å². The summed E-state index contributed by atoms with van der Waals surface area (Å²) in [4.78, 5) is 0.744. The van der Waals surface area contributed by atoms with Gasteiger partial charge in [-0.25, -0.2) is 0 Å². The first kappa shape index (κ1) is 16.6. The summed E-state index contributed by atoms with van der Waals surface area (Å²) >= 11 is 1.52. The molecule has 0 bridgehead atoms. The Hall–Kier alpha value is -3.52. The highest BCUT2D eigenvalue weighted by molar-refractivity contribution is 7.19. The van der Waals surface area contributed by atoms with E-state index >= 15 is 0 Å². The molecule has 3 heterocycles. The van der Waals surface area contributed by atoms with Crippen LogP contribution in [0, 0.1) is 6.92 Å². The summed E-state index contributed by atoms with van der Waals surface area (Å²) in [6, 6.07) is 17.9. The Balaban J connectivity index is 1.53. The van der Waals surface area contributed by atoms with E-state index in [1.54, 1.807) is 11.6 Å². The predicted molar refractivity (Wildman–Crippen MR) is 108 cm³/mol. The summed E-state index contributed by atoms with van der Waals surface area (Å²) in [5, 5.41) is 21.7. The number of fused-ring (bicyclic) bond motifs is 1. The van der Waals surface area contributed by atoms with Crippen molar-refractivity contribution in [1.29, 1.82) is 0 Å². The third-order valence-corrected chi connectivity index (χ3v) is 5.50. The molecule has 0 unspecified atom stereocenters. The molecule has 0 saturated carbocycles. The van der Waals surface area contributed by atoms with Crippen molar-refractivity contribution >= 4 is 16.3 Å². The van der Waals surface area contributed by atoms with Crippen LogP contribution in [0.25, 0.3) is 38.3 Å². The van der Waals surface area contributed by atoms with Crippen LogP contribution in [-0.2, 0) is 0 Å². The van der Waals surface area contributed by atoms with Gasteiger partial charge in [-0.3, -0.25) is 5.10 Å². The van der Waals surface area contributed by atoms with Gasteiger partial charge < -0.3 is 4.74 Å². The predicted octanol–water partition coefficient (Wildman–Crippen LogP) is 4.23. The summed E-state index contributed by atoms with van der Waals surface area (Å²) in [6.07, 6.45) is 0. The first-order valence-electron chi connectivity index (χ1n) is 8.71. The number of H-pyrrole nitrogens is 1. The minimum atomic E-state index is 0.637. The molecule has 0 spiro atoms. The van der Waals surface area contributed by atoms with Gasteiger partial charge in [0.1, 0.15) is 16.5 Å². The molecule has 0 amide bonds. The lowest BCUT2D eigenvalue weighted by atomic mass is 10.1. The zero-order chi connectivity index (χ0) is 19.1. The number of methoxy groups -OCH3 is 1. The fourth-order valence-electron chi connectivity index (χ4n) is 3.05. The van der Waals surface area contributed by atoms with E-state index in [0.717, 1.165) is 38.2 Å². The SMILES string of the molecule is COc1ccc(-c2cc(-c3nnc4sc(-c5ccccc5C)nn34)[nH]n2)cc1. The maximum Gasteiger partial charge on any atom is 0.235 e. The van der Waals surface area contributed by atoms with E-state index in [2.05, 4.69) is 39.5 Å². The topological polar surface area (TPSA) is 81.0 Å². The van der Waals surface area contributed by atoms with Gasteiger partial charge >= 0.3 is 0 Å². The van der Waals surface area contributed by atoms with Crippen molar-refractivity contribution < 1.29 is 4.74 Å². The third kappa shape index (κ3) is 2.74. The zero-order valence-corrected chi connectivity index (χ0v) is 16.1. The van der Waals surface area contributed by atoms with E-state index < -0.39 is 0 Å². The van der Waals surface area contributed by atoms with Crippen molar-refractivity contribution in [2.45, 2.75) is 6.92 Å². The van der Waals surface area contributed by atoms with Gasteiger partial charge in [0.05, 0.1) is 12.8 Å². The first-order valence-corrected chi connectivity index (χ1v) is 9.53. The summed E-state index contributed by atoms with van der Waals surface area (Å²) < 4.78 is 6.97. The summed E-state index contributed by atoms with van der Waals surface area (Å²) in [7, 11) is 1.65. The Morgan fingerprint density at radius 1 is 1.04 bits per heavy atom. The highest BCUT2D eigenvalue weighted by Gasteiger charge is 2.17. The molecule has 7 nitrogen and oxygen atoms in total. The third-order valence-electron chi connectivity index (χ3n) is 4.57. The normalized spacial score (nSPS) is 11.2. The second kappa shape index (κ2) is 6.58. The van der Waals surface area contributed by atoms with Crippen molar-refractivity contribution in [1.82, 2.24) is 30.0 Å². The Morgan fingerprint density at radius 2 is 1.86 bits per heavy atom. The molecule has 0 aliphatic carbocycles. The van der Waals surface area contributed by atoms with Crippen molar-refractivity contribution in [3.63, 3.8) is 0 Å². The van der Waals surface area contributed by atoms with Gasteiger partial charge in [-0.2, -0.15) is 14.7 Å². The van der Waals surface area contributed by atoms with Crippen LogP contribution in [-0.4, -0.2) is 37.1 Å². The number of nitrogens with zero attached hydrogens (tertiary/aromatic N) is 5. The molecule has 0 fully saturated rings. The lowest BCUT2D eigenvalue weighted by molar-refractivity contribution is 0.415. The fraction of sp³-hybridized carbons (Fsp3) is 0.100. The van der Waals surface area contributed by atoms with Gasteiger partial charge in [-0.15, -0.1) is 10.2 Å². The van der Waals surface area contributed by atoms with Crippen molar-refractivity contribution in [2.24, 2.45) is 0 Å². The second-order valence-electron chi connectivity index (χ2n) is 6.34. The van der Waals surface area contributed by atoms with Crippen LogP contribution in [0.1, 0.15) is 5.56 Å². The van der Waals surface area contributed by atoms with E-state index in [1.807, 2.05) is 42.5 Å². The highest BCUT2D eigenvalue weighted by atomic mass is 32.1. The molecule has 28 heavy (non-hydrogen) atoms. The molecule has 3 aromatic heterocycles. The molecule has 0 aliphatic heterocycles. The van der Waals surface area contributed by atoms with Crippen molar-refractivity contribution in [3.8, 4) is 39.1 Å². The van der Waals surface area contributed by atoms with Gasteiger partial charge in [-0.1, -0.05) is 35.6 Å². The Morgan fingerprint density at radius 3 is 2.64 bits per heavy atom. The van der Waals surface area contributed by atoms with Crippen LogP contribution in [0.15, 0.2) is 54.6 Å². The van der Waals surface area contributed by atoms with Gasteiger partial charge in [0.2, 0.25) is 10.8 Å². The lowest BCUT2D eigenvalue weighted by Crippen LogP contribution is -1.91. The summed E-state index contributed by atoms with van der Waals surface area (Å²) in [5.74, 6) is 1.45. The smallest absolute Gasteiger partial charge is 0.235 e. The maximum absolute atomic E-state index is 5.21. The minimum absolute atomic E-state index is 0.637. The Kier molecular flexibility index (Phi) is 3.91. The molecule has 1 N–H and O–H groups in total. The van der Waals surface area contributed by atoms with Crippen LogP contribution in [0.4, 0.5) is 0 Å². The van der Waals surface area contributed by atoms with Crippen LogP contribution in [0.3, 0.4) is 0 Å². The average Bonchev–Trinajstić information content (AvgIpc) is 3.44. The zero-order valence-electron chi connectivity index (χ0n) is 15.2. The first-order chi connectivity index (χ1) is 13.7. The molecule has 0 atom stereocenters. The lowest BCUT2D eigenvalue weighted by Gasteiger charge is -2.00. The fourth-order valence-corrected chi connectivity index (χ4v) is 3.98. The molecule has 138 valence electrons. The van der Waals surface area contributed by atoms with Crippen molar-refractivity contribution in [2.75, 3.05) is 7.11 Å². The molecule has 5 rings (SSSR count). The number of aryl methyl sites for hydroxylation is 1. The van der Waals surface area contributed by atoms with Crippen LogP contribution in [0.5, 0.6) is 5.75 Å².